The number of rotatable bonds is 4. The number of aryl methyl sites for hydroxylation is 1. The predicted octanol–water partition coefficient (Wildman–Crippen LogP) is 4.92. The summed E-state index contributed by atoms with van der Waals surface area (Å²) in [6.45, 7) is 3.38. The number of nitrogens with one attached hydrogen (secondary N) is 1. The van der Waals surface area contributed by atoms with Crippen LogP contribution < -0.4 is 10.2 Å². The van der Waals surface area contributed by atoms with Gasteiger partial charge in [-0.3, -0.25) is 14.8 Å². The Morgan fingerprint density at radius 2 is 2.00 bits per heavy atom. The second kappa shape index (κ2) is 8.90. The summed E-state index contributed by atoms with van der Waals surface area (Å²) in [4.78, 5) is 22.6. The molecule has 0 unspecified atom stereocenters. The first-order valence-corrected chi connectivity index (χ1v) is 10.3. The lowest BCUT2D eigenvalue weighted by atomic mass is 9.92. The Morgan fingerprint density at radius 1 is 1.18 bits per heavy atom. The van der Waals surface area contributed by atoms with Gasteiger partial charge in [0.25, 0.3) is 5.91 Å². The first-order chi connectivity index (χ1) is 15.8. The van der Waals surface area contributed by atoms with E-state index in [1.54, 1.807) is 30.6 Å². The van der Waals surface area contributed by atoms with Crippen molar-refractivity contribution in [2.24, 2.45) is 0 Å². The summed E-state index contributed by atoms with van der Waals surface area (Å²) in [5.41, 5.74) is 2.76. The molecule has 3 heterocycles. The van der Waals surface area contributed by atoms with Crippen molar-refractivity contribution in [1.29, 1.82) is 5.26 Å². The molecule has 1 N–H and O–H groups in total. The quantitative estimate of drug-likeness (QED) is 0.609. The van der Waals surface area contributed by atoms with E-state index in [0.29, 0.717) is 23.9 Å². The number of nitriles is 1. The lowest BCUT2D eigenvalue weighted by Gasteiger charge is -2.20. The van der Waals surface area contributed by atoms with Gasteiger partial charge in [-0.15, -0.1) is 0 Å². The molecule has 1 aliphatic rings. The molecule has 1 amide bonds. The summed E-state index contributed by atoms with van der Waals surface area (Å²) in [5, 5.41) is 11.9. The van der Waals surface area contributed by atoms with Gasteiger partial charge in [-0.1, -0.05) is 6.07 Å². The van der Waals surface area contributed by atoms with Gasteiger partial charge in [0.05, 0.1) is 34.9 Å². The largest absolute Gasteiger partial charge is 0.417 e. The molecule has 168 valence electrons. The number of anilines is 2. The van der Waals surface area contributed by atoms with Gasteiger partial charge in [0.2, 0.25) is 0 Å². The van der Waals surface area contributed by atoms with Crippen LogP contribution in [0, 0.1) is 18.3 Å². The van der Waals surface area contributed by atoms with Crippen LogP contribution in [0.15, 0.2) is 55.1 Å². The molecule has 33 heavy (non-hydrogen) atoms. The Labute approximate surface area is 188 Å². The zero-order chi connectivity index (χ0) is 23.6. The average Bonchev–Trinajstić information content (AvgIpc) is 3.28. The number of carbonyl (C=O) groups is 1. The molecular weight excluding hydrogens is 431 g/mol. The third-order valence-electron chi connectivity index (χ3n) is 5.75. The van der Waals surface area contributed by atoms with Gasteiger partial charge < -0.3 is 10.2 Å². The summed E-state index contributed by atoms with van der Waals surface area (Å²) in [5.74, 6) is -0.369. The van der Waals surface area contributed by atoms with E-state index in [4.69, 9.17) is 0 Å². The predicted molar refractivity (Wildman–Crippen MR) is 117 cm³/mol. The van der Waals surface area contributed by atoms with Gasteiger partial charge in [0.1, 0.15) is 6.07 Å². The SMILES string of the molecule is Cc1ccc(C(=O)Nc2cncc(C(F)(F)F)c2)cc1[C@@H]1CCN(c2cnccc2C#N)C1. The van der Waals surface area contributed by atoms with Crippen LogP contribution in [0.5, 0.6) is 0 Å². The number of benzene rings is 1. The van der Waals surface area contributed by atoms with Gasteiger partial charge >= 0.3 is 6.18 Å². The minimum Gasteiger partial charge on any atom is -0.369 e. The summed E-state index contributed by atoms with van der Waals surface area (Å²) in [7, 11) is 0. The maximum atomic E-state index is 12.9. The molecule has 0 radical (unpaired) electrons. The standard InChI is InChI=1S/C24H20F3N5O/c1-15-2-3-16(23(33)31-20-9-19(11-30-12-20)24(25,26)27)8-21(15)18-5-7-32(14-18)22-13-29-6-4-17(22)10-28/h2-4,6,8-9,11-13,18H,5,7,14H2,1H3,(H,31,33)/t18-/m1/s1. The summed E-state index contributed by atoms with van der Waals surface area (Å²) in [6.07, 6.45) is 1.45. The first-order valence-electron chi connectivity index (χ1n) is 10.3. The Bertz CT molecular complexity index is 1240. The number of carbonyl (C=O) groups excluding carboxylic acids is 1. The highest BCUT2D eigenvalue weighted by atomic mass is 19.4. The Kier molecular flexibility index (Phi) is 6.01. The summed E-state index contributed by atoms with van der Waals surface area (Å²) in [6, 6.07) is 10.00. The third kappa shape index (κ3) is 4.80. The van der Waals surface area contributed by atoms with E-state index in [1.165, 1.54) is 6.20 Å². The maximum Gasteiger partial charge on any atom is 0.417 e. The molecule has 4 rings (SSSR count). The molecule has 3 aromatic rings. The van der Waals surface area contributed by atoms with E-state index < -0.39 is 17.6 Å². The molecule has 1 fully saturated rings. The fourth-order valence-electron chi connectivity index (χ4n) is 4.05. The molecule has 6 nitrogen and oxygen atoms in total. The van der Waals surface area contributed by atoms with E-state index in [9.17, 15) is 23.2 Å². The van der Waals surface area contributed by atoms with Gasteiger partial charge in [0, 0.05) is 37.0 Å². The Balaban J connectivity index is 1.53. The van der Waals surface area contributed by atoms with Crippen molar-refractivity contribution in [3.63, 3.8) is 0 Å². The highest BCUT2D eigenvalue weighted by Gasteiger charge is 2.31. The normalized spacial score (nSPS) is 15.8. The molecule has 1 aliphatic heterocycles. The molecule has 1 saturated heterocycles. The van der Waals surface area contributed by atoms with Crippen LogP contribution >= 0.6 is 0 Å². The van der Waals surface area contributed by atoms with E-state index in [1.807, 2.05) is 13.0 Å². The summed E-state index contributed by atoms with van der Waals surface area (Å²) >= 11 is 0. The fraction of sp³-hybridized carbons (Fsp3) is 0.250. The number of aromatic nitrogens is 2. The first kappa shape index (κ1) is 22.3. The van der Waals surface area contributed by atoms with Crippen LogP contribution in [0.1, 0.15) is 45.0 Å². The van der Waals surface area contributed by atoms with Crippen molar-refractivity contribution in [3.05, 3.63) is 82.9 Å². The van der Waals surface area contributed by atoms with Crippen LogP contribution in [0.3, 0.4) is 0 Å². The monoisotopic (exact) mass is 451 g/mol. The smallest absolute Gasteiger partial charge is 0.369 e. The molecule has 0 aliphatic carbocycles. The van der Waals surface area contributed by atoms with E-state index in [2.05, 4.69) is 26.3 Å². The van der Waals surface area contributed by atoms with Crippen molar-refractivity contribution in [1.82, 2.24) is 9.97 Å². The number of hydrogen-bond donors (Lipinski definition) is 1. The number of nitrogens with zero attached hydrogens (tertiary/aromatic N) is 4. The molecule has 1 aromatic carbocycles. The second-order valence-corrected chi connectivity index (χ2v) is 7.92. The maximum absolute atomic E-state index is 12.9. The molecule has 9 heteroatoms. The fourth-order valence-corrected chi connectivity index (χ4v) is 4.05. The number of halogens is 3. The van der Waals surface area contributed by atoms with Crippen molar-refractivity contribution in [3.8, 4) is 6.07 Å². The topological polar surface area (TPSA) is 81.9 Å². The van der Waals surface area contributed by atoms with Crippen LogP contribution in [0.2, 0.25) is 0 Å². The third-order valence-corrected chi connectivity index (χ3v) is 5.75. The number of hydrogen-bond acceptors (Lipinski definition) is 5. The zero-order valence-corrected chi connectivity index (χ0v) is 17.7. The van der Waals surface area contributed by atoms with Crippen molar-refractivity contribution in [2.45, 2.75) is 25.4 Å². The highest BCUT2D eigenvalue weighted by molar-refractivity contribution is 6.04. The van der Waals surface area contributed by atoms with E-state index in [0.717, 1.165) is 35.8 Å². The van der Waals surface area contributed by atoms with Crippen LogP contribution in [0.25, 0.3) is 0 Å². The molecule has 1 atom stereocenters. The highest BCUT2D eigenvalue weighted by Crippen LogP contribution is 2.34. The van der Waals surface area contributed by atoms with Crippen molar-refractivity contribution >= 4 is 17.3 Å². The van der Waals surface area contributed by atoms with E-state index >= 15 is 0 Å². The van der Waals surface area contributed by atoms with Crippen LogP contribution in [-0.2, 0) is 6.18 Å². The van der Waals surface area contributed by atoms with Crippen molar-refractivity contribution < 1.29 is 18.0 Å². The number of amides is 1. The van der Waals surface area contributed by atoms with Crippen LogP contribution in [0.4, 0.5) is 24.5 Å². The molecule has 0 bridgehead atoms. The lowest BCUT2D eigenvalue weighted by Crippen LogP contribution is -2.21. The second-order valence-electron chi connectivity index (χ2n) is 7.92. The summed E-state index contributed by atoms with van der Waals surface area (Å²) < 4.78 is 38.8. The molecule has 0 saturated carbocycles. The van der Waals surface area contributed by atoms with Crippen LogP contribution in [-0.4, -0.2) is 29.0 Å². The molecule has 2 aromatic heterocycles. The van der Waals surface area contributed by atoms with Gasteiger partial charge in [-0.05, 0) is 48.7 Å². The average molecular weight is 451 g/mol. The Morgan fingerprint density at radius 3 is 2.76 bits per heavy atom. The van der Waals surface area contributed by atoms with Gasteiger partial charge in [-0.2, -0.15) is 18.4 Å². The minimum atomic E-state index is -4.54. The molecular formula is C24H20F3N5O. The zero-order valence-electron chi connectivity index (χ0n) is 17.7. The number of pyridine rings is 2. The Hall–Kier alpha value is -3.93. The van der Waals surface area contributed by atoms with Gasteiger partial charge in [-0.25, -0.2) is 0 Å². The lowest BCUT2D eigenvalue weighted by molar-refractivity contribution is -0.137. The van der Waals surface area contributed by atoms with E-state index in [-0.39, 0.29) is 11.6 Å². The minimum absolute atomic E-state index is 0.0235. The molecule has 0 spiro atoms. The number of alkyl halides is 3. The van der Waals surface area contributed by atoms with Gasteiger partial charge in [0.15, 0.2) is 0 Å². The van der Waals surface area contributed by atoms with Crippen molar-refractivity contribution in [2.75, 3.05) is 23.3 Å².